The fourth-order valence-electron chi connectivity index (χ4n) is 7.92. The van der Waals surface area contributed by atoms with Crippen molar-refractivity contribution in [2.45, 2.75) is 38.8 Å². The Balaban J connectivity index is 0.799. The average molecular weight is 937 g/mol. The second kappa shape index (κ2) is 21.8. The summed E-state index contributed by atoms with van der Waals surface area (Å²) in [7, 11) is 1.65. The van der Waals surface area contributed by atoms with Gasteiger partial charge in [-0.3, -0.25) is 29.3 Å². The Morgan fingerprint density at radius 1 is 0.939 bits per heavy atom. The fourth-order valence-corrected chi connectivity index (χ4v) is 8.21. The number of likely N-dealkylation sites (N-methyl/N-ethyl adjacent to an activating group) is 1. The Bertz CT molecular complexity index is 2450. The van der Waals surface area contributed by atoms with E-state index in [-0.39, 0.29) is 90.2 Å². The van der Waals surface area contributed by atoms with Crippen molar-refractivity contribution in [2.75, 3.05) is 103 Å². The predicted molar refractivity (Wildman–Crippen MR) is 237 cm³/mol. The molecule has 0 aliphatic carbocycles. The Labute approximate surface area is 384 Å². The number of halogens is 3. The zero-order chi connectivity index (χ0) is 46.9. The number of anilines is 2. The number of piperidine rings is 1. The van der Waals surface area contributed by atoms with Gasteiger partial charge in [0.15, 0.2) is 5.82 Å². The molecule has 352 valence electrons. The Morgan fingerprint density at radius 2 is 1.65 bits per heavy atom. The van der Waals surface area contributed by atoms with E-state index in [1.807, 2.05) is 4.90 Å². The molecule has 3 aromatic carbocycles. The van der Waals surface area contributed by atoms with Crippen LogP contribution in [0.15, 0.2) is 42.5 Å². The van der Waals surface area contributed by atoms with Gasteiger partial charge in [-0.2, -0.15) is 4.98 Å². The van der Waals surface area contributed by atoms with Crippen LogP contribution in [0.5, 0.6) is 11.5 Å². The van der Waals surface area contributed by atoms with Crippen LogP contribution in [-0.4, -0.2) is 158 Å². The van der Waals surface area contributed by atoms with E-state index in [9.17, 15) is 33.5 Å². The molecule has 1 unspecified atom stereocenters. The minimum Gasteiger partial charge on any atom is -0.507 e. The van der Waals surface area contributed by atoms with Crippen molar-refractivity contribution >= 4 is 63.8 Å². The second-order valence-electron chi connectivity index (χ2n) is 15.8. The van der Waals surface area contributed by atoms with Crippen molar-refractivity contribution in [1.82, 2.24) is 30.0 Å². The summed E-state index contributed by atoms with van der Waals surface area (Å²) in [6.45, 7) is 5.94. The van der Waals surface area contributed by atoms with Gasteiger partial charge in [-0.1, -0.05) is 17.7 Å². The number of imide groups is 1. The van der Waals surface area contributed by atoms with Crippen LogP contribution in [0, 0.1) is 11.6 Å². The van der Waals surface area contributed by atoms with Crippen molar-refractivity contribution in [2.24, 2.45) is 0 Å². The summed E-state index contributed by atoms with van der Waals surface area (Å²) >= 11 is 6.55. The van der Waals surface area contributed by atoms with Gasteiger partial charge in [0.25, 0.3) is 5.91 Å². The van der Waals surface area contributed by atoms with Gasteiger partial charge in [0, 0.05) is 89.1 Å². The number of ether oxygens (including phenoxy) is 4. The molecule has 5 amide bonds. The van der Waals surface area contributed by atoms with Crippen LogP contribution in [0.3, 0.4) is 0 Å². The molecule has 3 aliphatic rings. The highest BCUT2D eigenvalue weighted by molar-refractivity contribution is 6.34. The lowest BCUT2D eigenvalue weighted by molar-refractivity contribution is -0.137. The molecule has 66 heavy (non-hydrogen) atoms. The van der Waals surface area contributed by atoms with Crippen LogP contribution in [0.2, 0.25) is 5.02 Å². The van der Waals surface area contributed by atoms with Crippen LogP contribution < -0.4 is 20.3 Å². The average Bonchev–Trinajstić information content (AvgIpc) is 3.62. The molecule has 2 fully saturated rings. The number of aromatic hydroxyl groups is 1. The first-order valence-electron chi connectivity index (χ1n) is 21.6. The van der Waals surface area contributed by atoms with Gasteiger partial charge in [0.05, 0.1) is 50.2 Å². The largest absolute Gasteiger partial charge is 0.507 e. The number of aromatic nitrogens is 2. The van der Waals surface area contributed by atoms with Gasteiger partial charge in [-0.05, 0) is 48.4 Å². The number of nitrogens with zero attached hydrogens (tertiary/aromatic N) is 6. The van der Waals surface area contributed by atoms with E-state index in [1.54, 1.807) is 30.1 Å². The molecule has 7 rings (SSSR count). The summed E-state index contributed by atoms with van der Waals surface area (Å²) in [4.78, 5) is 77.3. The zero-order valence-corrected chi connectivity index (χ0v) is 37.3. The summed E-state index contributed by atoms with van der Waals surface area (Å²) in [5, 5.41) is 15.9. The number of rotatable bonds is 20. The highest BCUT2D eigenvalue weighted by Crippen LogP contribution is 2.42. The maximum Gasteiger partial charge on any atom is 0.255 e. The molecule has 1 atom stereocenters. The molecular weight excluding hydrogens is 886 g/mol. The standard InChI is InChI=1S/C45H51ClF2N8O10/c1-27(57)54-12-14-55(15-13-54)42-31-25-32(46)38(39-33(47)4-3-5-35(39)58)40(48)41(31)51-45(52-42)49-11-10-37(60)53(2)16-17-63-18-19-64-20-21-65-22-23-66-29-6-7-30-28(24-29)26-56(44(30)62)34-8-9-36(59)50-43(34)61/h3-7,24-25,34,58H,8-23,26H2,1-2H3,(H,49,51,52)(H,50,59,61). The number of nitrogens with one attached hydrogen (secondary N) is 2. The number of amides is 5. The van der Waals surface area contributed by atoms with Crippen LogP contribution in [0.1, 0.15) is 42.1 Å². The van der Waals surface area contributed by atoms with Gasteiger partial charge in [0.1, 0.15) is 41.3 Å². The van der Waals surface area contributed by atoms with Gasteiger partial charge in [-0.25, -0.2) is 13.8 Å². The monoisotopic (exact) mass is 936 g/mol. The van der Waals surface area contributed by atoms with Crippen molar-refractivity contribution in [3.05, 3.63) is 70.2 Å². The Morgan fingerprint density at radius 3 is 2.35 bits per heavy atom. The molecule has 1 aromatic heterocycles. The Hall–Kier alpha value is -6.22. The third-order valence-electron chi connectivity index (χ3n) is 11.5. The predicted octanol–water partition coefficient (Wildman–Crippen LogP) is 3.75. The van der Waals surface area contributed by atoms with E-state index in [2.05, 4.69) is 20.6 Å². The smallest absolute Gasteiger partial charge is 0.255 e. The van der Waals surface area contributed by atoms with Crippen molar-refractivity contribution in [3.63, 3.8) is 0 Å². The summed E-state index contributed by atoms with van der Waals surface area (Å²) in [5.74, 6) is -2.68. The molecule has 4 heterocycles. The number of hydrogen-bond acceptors (Lipinski definition) is 14. The summed E-state index contributed by atoms with van der Waals surface area (Å²) in [6, 6.07) is 9.52. The van der Waals surface area contributed by atoms with Gasteiger partial charge in [0.2, 0.25) is 29.6 Å². The van der Waals surface area contributed by atoms with Gasteiger partial charge in [-0.15, -0.1) is 0 Å². The number of carbonyl (C=O) groups is 5. The first-order valence-corrected chi connectivity index (χ1v) is 22.0. The highest BCUT2D eigenvalue weighted by Gasteiger charge is 2.39. The molecule has 18 nitrogen and oxygen atoms in total. The van der Waals surface area contributed by atoms with Gasteiger partial charge >= 0.3 is 0 Å². The van der Waals surface area contributed by atoms with Gasteiger partial charge < -0.3 is 49.0 Å². The molecule has 0 radical (unpaired) electrons. The maximum atomic E-state index is 16.4. The van der Waals surface area contributed by atoms with Crippen molar-refractivity contribution in [3.8, 4) is 22.6 Å². The van der Waals surface area contributed by atoms with E-state index < -0.39 is 34.9 Å². The Kier molecular flexibility index (Phi) is 15.8. The van der Waals surface area contributed by atoms with E-state index in [1.165, 1.54) is 34.9 Å². The second-order valence-corrected chi connectivity index (χ2v) is 16.2. The molecule has 21 heteroatoms. The topological polar surface area (TPSA) is 205 Å². The lowest BCUT2D eigenvalue weighted by Gasteiger charge is -2.35. The molecular formula is C45H51ClF2N8O10. The van der Waals surface area contributed by atoms with Crippen LogP contribution >= 0.6 is 11.6 Å². The summed E-state index contributed by atoms with van der Waals surface area (Å²) < 4.78 is 53.9. The maximum absolute atomic E-state index is 16.4. The third kappa shape index (κ3) is 11.2. The van der Waals surface area contributed by atoms with Crippen molar-refractivity contribution < 1.29 is 56.8 Å². The first kappa shape index (κ1) is 47.7. The quantitative estimate of drug-likeness (QED) is 0.0854. The third-order valence-corrected chi connectivity index (χ3v) is 11.8. The van der Waals surface area contributed by atoms with Crippen LogP contribution in [-0.2, 0) is 39.9 Å². The van der Waals surface area contributed by atoms with E-state index in [4.69, 9.17) is 30.5 Å². The fraction of sp³-hybridized carbons (Fsp3) is 0.444. The first-order chi connectivity index (χ1) is 31.8. The number of piperazine rings is 1. The molecule has 0 spiro atoms. The highest BCUT2D eigenvalue weighted by atomic mass is 35.5. The number of benzene rings is 3. The molecule has 3 N–H and O–H groups in total. The van der Waals surface area contributed by atoms with Crippen LogP contribution in [0.25, 0.3) is 22.0 Å². The SMILES string of the molecule is CC(=O)N1CCN(c2nc(NCCC(=O)N(C)CCOCCOCCOCCOc3ccc4c(c3)CN(C3CCC(=O)NC3=O)C4=O)nc3c(F)c(-c4c(O)cccc4F)c(Cl)cc23)CC1. The molecule has 0 saturated carbocycles. The normalized spacial score (nSPS) is 16.2. The molecule has 2 saturated heterocycles. The molecule has 4 aromatic rings. The lowest BCUT2D eigenvalue weighted by Crippen LogP contribution is -2.52. The van der Waals surface area contributed by atoms with E-state index >= 15 is 4.39 Å². The van der Waals surface area contributed by atoms with Crippen LogP contribution in [0.4, 0.5) is 20.5 Å². The number of hydrogen-bond donors (Lipinski definition) is 3. The van der Waals surface area contributed by atoms with E-state index in [0.29, 0.717) is 89.3 Å². The summed E-state index contributed by atoms with van der Waals surface area (Å²) in [5.41, 5.74) is 0.336. The van der Waals surface area contributed by atoms with Crippen molar-refractivity contribution in [1.29, 1.82) is 0 Å². The molecule has 0 bridgehead atoms. The number of phenols is 1. The molecule has 3 aliphatic heterocycles. The number of carbonyl (C=O) groups excluding carboxylic acids is 5. The lowest BCUT2D eigenvalue weighted by atomic mass is 10.0. The minimum absolute atomic E-state index is 0.0198. The zero-order valence-electron chi connectivity index (χ0n) is 36.6. The van der Waals surface area contributed by atoms with E-state index in [0.717, 1.165) is 11.6 Å². The summed E-state index contributed by atoms with van der Waals surface area (Å²) in [6.07, 6.45) is 0.539. The minimum atomic E-state index is -0.957. The number of phenolic OH excluding ortho intramolecular Hbond substituents is 1. The number of fused-ring (bicyclic) bond motifs is 2.